The van der Waals surface area contributed by atoms with E-state index in [0.29, 0.717) is 12.6 Å². The Morgan fingerprint density at radius 2 is 1.83 bits per heavy atom. The number of aromatic nitrogens is 2. The minimum absolute atomic E-state index is 0.0148. The summed E-state index contributed by atoms with van der Waals surface area (Å²) in [4.78, 5) is 41.9. The Kier molecular flexibility index (Phi) is 5.50. The van der Waals surface area contributed by atoms with Crippen molar-refractivity contribution >= 4 is 5.91 Å². The molecule has 1 amide bonds. The highest BCUT2D eigenvalue weighted by molar-refractivity contribution is 5.76. The van der Waals surface area contributed by atoms with Crippen LogP contribution in [-0.2, 0) is 11.3 Å². The summed E-state index contributed by atoms with van der Waals surface area (Å²) in [7, 11) is 0. The maximum Gasteiger partial charge on any atom is 0.328 e. The number of hydrogen-bond donors (Lipinski definition) is 1. The Morgan fingerprint density at radius 3 is 2.58 bits per heavy atom. The molecule has 2 aliphatic rings. The third kappa shape index (κ3) is 4.14. The van der Waals surface area contributed by atoms with Crippen LogP contribution in [0.15, 0.2) is 21.9 Å². The Balaban J connectivity index is 1.57. The minimum atomic E-state index is -0.533. The van der Waals surface area contributed by atoms with Crippen molar-refractivity contribution in [3.05, 3.63) is 33.1 Å². The highest BCUT2D eigenvalue weighted by Crippen LogP contribution is 2.23. The predicted molar refractivity (Wildman–Crippen MR) is 91.0 cm³/mol. The van der Waals surface area contributed by atoms with Crippen LogP contribution in [0.2, 0.25) is 0 Å². The number of rotatable bonds is 3. The van der Waals surface area contributed by atoms with E-state index >= 15 is 0 Å². The zero-order valence-corrected chi connectivity index (χ0v) is 14.1. The van der Waals surface area contributed by atoms with Crippen molar-refractivity contribution in [2.45, 2.75) is 51.1 Å². The molecule has 0 spiro atoms. The van der Waals surface area contributed by atoms with Gasteiger partial charge in [-0.1, -0.05) is 19.3 Å². The largest absolute Gasteiger partial charge is 0.340 e. The SMILES string of the molecule is O=C(Cn1ccc(=O)[nH]c1=O)N1CCCN(C2CCCCC2)CC1. The fourth-order valence-corrected chi connectivity index (χ4v) is 3.81. The summed E-state index contributed by atoms with van der Waals surface area (Å²) in [6, 6.07) is 1.94. The standard InChI is InChI=1S/C17H26N4O3/c22-15-7-10-21(17(24)18-15)13-16(23)20-9-4-8-19(11-12-20)14-5-2-1-3-6-14/h7,10,14H,1-6,8-9,11-13H2,(H,18,22,24). The molecule has 0 radical (unpaired) electrons. The molecule has 0 atom stereocenters. The van der Waals surface area contributed by atoms with Crippen LogP contribution in [-0.4, -0.2) is 57.5 Å². The van der Waals surface area contributed by atoms with Gasteiger partial charge in [0.25, 0.3) is 5.56 Å². The number of carbonyl (C=O) groups is 1. The van der Waals surface area contributed by atoms with Gasteiger partial charge in [-0.05, 0) is 19.3 Å². The van der Waals surface area contributed by atoms with Crippen molar-refractivity contribution in [1.29, 1.82) is 0 Å². The van der Waals surface area contributed by atoms with E-state index in [4.69, 9.17) is 0 Å². The molecule has 0 unspecified atom stereocenters. The molecule has 2 fully saturated rings. The molecule has 3 rings (SSSR count). The van der Waals surface area contributed by atoms with E-state index < -0.39 is 11.2 Å². The Labute approximate surface area is 141 Å². The normalized spacial score (nSPS) is 20.8. The van der Waals surface area contributed by atoms with Gasteiger partial charge in [0, 0.05) is 44.5 Å². The summed E-state index contributed by atoms with van der Waals surface area (Å²) in [6.45, 7) is 3.40. The summed E-state index contributed by atoms with van der Waals surface area (Å²) >= 11 is 0. The lowest BCUT2D eigenvalue weighted by molar-refractivity contribution is -0.131. The van der Waals surface area contributed by atoms with Crippen molar-refractivity contribution in [3.8, 4) is 0 Å². The first-order valence-corrected chi connectivity index (χ1v) is 8.95. The second kappa shape index (κ2) is 7.79. The van der Waals surface area contributed by atoms with Crippen LogP contribution < -0.4 is 11.2 Å². The lowest BCUT2D eigenvalue weighted by atomic mass is 9.94. The van der Waals surface area contributed by atoms with Gasteiger partial charge in [-0.15, -0.1) is 0 Å². The summed E-state index contributed by atoms with van der Waals surface area (Å²) in [6.07, 6.45) is 8.90. The van der Waals surface area contributed by atoms with Gasteiger partial charge in [-0.3, -0.25) is 24.0 Å². The Hall–Kier alpha value is -1.89. The molecule has 132 valence electrons. The molecule has 1 saturated carbocycles. The quantitative estimate of drug-likeness (QED) is 0.868. The van der Waals surface area contributed by atoms with Gasteiger partial charge in [0.1, 0.15) is 6.54 Å². The average Bonchev–Trinajstić information content (AvgIpc) is 2.84. The maximum absolute atomic E-state index is 12.5. The van der Waals surface area contributed by atoms with Crippen LogP contribution >= 0.6 is 0 Å². The van der Waals surface area contributed by atoms with Crippen molar-refractivity contribution in [2.24, 2.45) is 0 Å². The smallest absolute Gasteiger partial charge is 0.328 e. The number of nitrogens with zero attached hydrogens (tertiary/aromatic N) is 3. The second-order valence-corrected chi connectivity index (χ2v) is 6.80. The van der Waals surface area contributed by atoms with Gasteiger partial charge in [0.15, 0.2) is 0 Å². The van der Waals surface area contributed by atoms with Gasteiger partial charge >= 0.3 is 5.69 Å². The average molecular weight is 334 g/mol. The predicted octanol–water partition coefficient (Wildman–Crippen LogP) is 0.404. The zero-order chi connectivity index (χ0) is 16.9. The van der Waals surface area contributed by atoms with Gasteiger partial charge in [-0.25, -0.2) is 4.79 Å². The minimum Gasteiger partial charge on any atom is -0.340 e. The van der Waals surface area contributed by atoms with Gasteiger partial charge in [-0.2, -0.15) is 0 Å². The fraction of sp³-hybridized carbons (Fsp3) is 0.706. The van der Waals surface area contributed by atoms with E-state index in [1.807, 2.05) is 4.90 Å². The number of H-pyrrole nitrogens is 1. The molecule has 7 nitrogen and oxygen atoms in total. The molecule has 0 bridgehead atoms. The van der Waals surface area contributed by atoms with E-state index in [1.54, 1.807) is 0 Å². The summed E-state index contributed by atoms with van der Waals surface area (Å²) in [5.74, 6) is -0.0605. The van der Waals surface area contributed by atoms with Crippen LogP contribution in [0, 0.1) is 0 Å². The lowest BCUT2D eigenvalue weighted by Crippen LogP contribution is -2.42. The molecule has 2 heterocycles. The Morgan fingerprint density at radius 1 is 1.04 bits per heavy atom. The third-order valence-electron chi connectivity index (χ3n) is 5.18. The van der Waals surface area contributed by atoms with Gasteiger partial charge in [0.05, 0.1) is 0 Å². The molecule has 1 saturated heterocycles. The first-order valence-electron chi connectivity index (χ1n) is 8.95. The number of amides is 1. The molecule has 1 aliphatic heterocycles. The number of carbonyl (C=O) groups excluding carboxylic acids is 1. The summed E-state index contributed by atoms with van der Waals surface area (Å²) in [5.41, 5.74) is -0.976. The van der Waals surface area contributed by atoms with Gasteiger partial charge in [0.2, 0.25) is 5.91 Å². The number of hydrogen-bond acceptors (Lipinski definition) is 4. The molecule has 0 aromatic carbocycles. The van der Waals surface area contributed by atoms with Crippen molar-refractivity contribution in [3.63, 3.8) is 0 Å². The fourth-order valence-electron chi connectivity index (χ4n) is 3.81. The summed E-state index contributed by atoms with van der Waals surface area (Å²) < 4.78 is 1.26. The first kappa shape index (κ1) is 17.0. The number of nitrogens with one attached hydrogen (secondary N) is 1. The molecule has 1 N–H and O–H groups in total. The molecular formula is C17H26N4O3. The van der Waals surface area contributed by atoms with E-state index in [1.165, 1.54) is 48.9 Å². The second-order valence-electron chi connectivity index (χ2n) is 6.80. The van der Waals surface area contributed by atoms with Crippen LogP contribution in [0.4, 0.5) is 0 Å². The van der Waals surface area contributed by atoms with Crippen molar-refractivity contribution in [2.75, 3.05) is 26.2 Å². The summed E-state index contributed by atoms with van der Waals surface area (Å²) in [5, 5.41) is 0. The van der Waals surface area contributed by atoms with E-state index in [9.17, 15) is 14.4 Å². The van der Waals surface area contributed by atoms with E-state index in [2.05, 4.69) is 9.88 Å². The third-order valence-corrected chi connectivity index (χ3v) is 5.18. The van der Waals surface area contributed by atoms with Crippen LogP contribution in [0.3, 0.4) is 0 Å². The molecular weight excluding hydrogens is 308 g/mol. The van der Waals surface area contributed by atoms with Crippen molar-refractivity contribution in [1.82, 2.24) is 19.4 Å². The van der Waals surface area contributed by atoms with Crippen LogP contribution in [0.5, 0.6) is 0 Å². The lowest BCUT2D eigenvalue weighted by Gasteiger charge is -2.33. The first-order chi connectivity index (χ1) is 11.6. The van der Waals surface area contributed by atoms with Crippen LogP contribution in [0.25, 0.3) is 0 Å². The van der Waals surface area contributed by atoms with Crippen molar-refractivity contribution < 1.29 is 4.79 Å². The monoisotopic (exact) mass is 334 g/mol. The van der Waals surface area contributed by atoms with E-state index in [0.717, 1.165) is 26.1 Å². The molecule has 24 heavy (non-hydrogen) atoms. The molecule has 1 aromatic heterocycles. The number of aromatic amines is 1. The molecule has 1 aliphatic carbocycles. The molecule has 1 aromatic rings. The maximum atomic E-state index is 12.5. The topological polar surface area (TPSA) is 78.4 Å². The zero-order valence-electron chi connectivity index (χ0n) is 14.1. The molecule has 7 heteroatoms. The van der Waals surface area contributed by atoms with E-state index in [-0.39, 0.29) is 12.5 Å². The highest BCUT2D eigenvalue weighted by Gasteiger charge is 2.25. The highest BCUT2D eigenvalue weighted by atomic mass is 16.2. The Bertz CT molecular complexity index is 675. The van der Waals surface area contributed by atoms with Crippen LogP contribution in [0.1, 0.15) is 38.5 Å². The van der Waals surface area contributed by atoms with Gasteiger partial charge < -0.3 is 4.90 Å².